The highest BCUT2D eigenvalue weighted by molar-refractivity contribution is 7.98. The van der Waals surface area contributed by atoms with Crippen LogP contribution in [0.25, 0.3) is 17.1 Å². The average molecular weight is 438 g/mol. The molecule has 29 heavy (non-hydrogen) atoms. The maximum absolute atomic E-state index is 12.7. The Kier molecular flexibility index (Phi) is 5.29. The molecule has 0 aliphatic heterocycles. The molecule has 0 saturated carbocycles. The summed E-state index contributed by atoms with van der Waals surface area (Å²) in [6.07, 6.45) is -2.83. The van der Waals surface area contributed by atoms with E-state index in [1.165, 1.54) is 23.9 Å². The smallest absolute Gasteiger partial charge is 0.338 e. The van der Waals surface area contributed by atoms with Crippen LogP contribution in [0, 0.1) is 0 Å². The van der Waals surface area contributed by atoms with Crippen molar-refractivity contribution in [2.75, 3.05) is 0 Å². The van der Waals surface area contributed by atoms with Gasteiger partial charge in [0.2, 0.25) is 11.7 Å². The minimum absolute atomic E-state index is 0.214. The molecule has 4 rings (SSSR count). The Morgan fingerprint density at radius 3 is 2.62 bits per heavy atom. The van der Waals surface area contributed by atoms with E-state index in [0.29, 0.717) is 27.4 Å². The van der Waals surface area contributed by atoms with Gasteiger partial charge in [-0.1, -0.05) is 46.7 Å². The zero-order chi connectivity index (χ0) is 20.4. The number of hydrogen-bond donors (Lipinski definition) is 0. The summed E-state index contributed by atoms with van der Waals surface area (Å²) >= 11 is 7.35. The van der Waals surface area contributed by atoms with Gasteiger partial charge in [0.1, 0.15) is 6.33 Å². The minimum Gasteiger partial charge on any atom is -0.338 e. The predicted octanol–water partition coefficient (Wildman–Crippen LogP) is 5.28. The van der Waals surface area contributed by atoms with Gasteiger partial charge in [0, 0.05) is 10.6 Å². The number of rotatable bonds is 5. The second-order valence-corrected chi connectivity index (χ2v) is 7.22. The molecule has 0 unspecified atom stereocenters. The Morgan fingerprint density at radius 1 is 1.10 bits per heavy atom. The highest BCUT2D eigenvalue weighted by Crippen LogP contribution is 2.31. The zero-order valence-electron chi connectivity index (χ0n) is 14.5. The molecule has 4 aromatic rings. The van der Waals surface area contributed by atoms with Crippen molar-refractivity contribution in [1.29, 1.82) is 0 Å². The summed E-state index contributed by atoms with van der Waals surface area (Å²) in [6.45, 7) is 0. The van der Waals surface area contributed by atoms with Crippen LogP contribution < -0.4 is 0 Å². The van der Waals surface area contributed by atoms with Gasteiger partial charge < -0.3 is 4.52 Å². The van der Waals surface area contributed by atoms with Crippen LogP contribution in [-0.4, -0.2) is 24.9 Å². The van der Waals surface area contributed by atoms with Crippen LogP contribution in [0.3, 0.4) is 0 Å². The Hall–Kier alpha value is -2.85. The number of hydrogen-bond acceptors (Lipinski definition) is 6. The lowest BCUT2D eigenvalue weighted by Gasteiger charge is -2.05. The van der Waals surface area contributed by atoms with Crippen LogP contribution in [0.1, 0.15) is 11.5 Å². The van der Waals surface area contributed by atoms with E-state index in [9.17, 15) is 13.2 Å². The van der Waals surface area contributed by atoms with E-state index >= 15 is 0 Å². The summed E-state index contributed by atoms with van der Waals surface area (Å²) in [4.78, 5) is 4.23. The van der Waals surface area contributed by atoms with Gasteiger partial charge in [0.05, 0.1) is 17.0 Å². The van der Waals surface area contributed by atoms with Gasteiger partial charge in [-0.15, -0.1) is 10.2 Å². The van der Waals surface area contributed by atoms with Gasteiger partial charge in [-0.2, -0.15) is 18.2 Å². The summed E-state index contributed by atoms with van der Waals surface area (Å²) in [6, 6.07) is 11.8. The van der Waals surface area contributed by atoms with Crippen molar-refractivity contribution in [2.45, 2.75) is 17.1 Å². The molecule has 0 aliphatic carbocycles. The molecule has 148 valence electrons. The topological polar surface area (TPSA) is 69.6 Å². The van der Waals surface area contributed by atoms with Crippen molar-refractivity contribution >= 4 is 23.4 Å². The lowest BCUT2D eigenvalue weighted by molar-refractivity contribution is -0.137. The normalized spacial score (nSPS) is 11.7. The third-order valence-corrected chi connectivity index (χ3v) is 5.03. The molecule has 2 aromatic carbocycles. The molecule has 0 bridgehead atoms. The fraction of sp³-hybridized carbons (Fsp3) is 0.111. The first-order valence-electron chi connectivity index (χ1n) is 8.19. The molecule has 0 amide bonds. The molecule has 0 fully saturated rings. The molecule has 0 saturated heterocycles. The monoisotopic (exact) mass is 437 g/mol. The van der Waals surface area contributed by atoms with Crippen molar-refractivity contribution in [3.8, 4) is 17.1 Å². The molecule has 2 aromatic heterocycles. The Morgan fingerprint density at radius 2 is 1.90 bits per heavy atom. The van der Waals surface area contributed by atoms with Crippen molar-refractivity contribution < 1.29 is 17.7 Å². The molecular weight excluding hydrogens is 427 g/mol. The van der Waals surface area contributed by atoms with Crippen molar-refractivity contribution in [3.05, 3.63) is 71.3 Å². The van der Waals surface area contributed by atoms with E-state index in [2.05, 4.69) is 20.3 Å². The fourth-order valence-corrected chi connectivity index (χ4v) is 3.44. The van der Waals surface area contributed by atoms with Gasteiger partial charge in [0.15, 0.2) is 5.16 Å². The molecule has 0 spiro atoms. The molecule has 2 heterocycles. The van der Waals surface area contributed by atoms with Gasteiger partial charge in [-0.3, -0.25) is 4.57 Å². The summed E-state index contributed by atoms with van der Waals surface area (Å²) < 4.78 is 45.0. The predicted molar refractivity (Wildman–Crippen MR) is 101 cm³/mol. The van der Waals surface area contributed by atoms with E-state index in [1.54, 1.807) is 23.0 Å². The van der Waals surface area contributed by atoms with Crippen LogP contribution >= 0.6 is 23.4 Å². The quantitative estimate of drug-likeness (QED) is 0.395. The van der Waals surface area contributed by atoms with E-state index in [0.717, 1.165) is 17.8 Å². The SMILES string of the molecule is FC(F)(F)c1ccc(-c2noc(CSc3nncn3-c3cccc(Cl)c3)n2)cc1. The van der Waals surface area contributed by atoms with Gasteiger partial charge in [0.25, 0.3) is 0 Å². The Labute approximate surface area is 171 Å². The Balaban J connectivity index is 1.46. The average Bonchev–Trinajstić information content (AvgIpc) is 3.35. The summed E-state index contributed by atoms with van der Waals surface area (Å²) in [5.41, 5.74) is 0.502. The lowest BCUT2D eigenvalue weighted by atomic mass is 10.1. The van der Waals surface area contributed by atoms with Crippen molar-refractivity contribution in [2.24, 2.45) is 0 Å². The molecule has 0 atom stereocenters. The summed E-state index contributed by atoms with van der Waals surface area (Å²) in [5.74, 6) is 0.837. The molecular formula is C18H11ClF3N5OS. The van der Waals surface area contributed by atoms with Gasteiger partial charge >= 0.3 is 6.18 Å². The summed E-state index contributed by atoms with van der Waals surface area (Å²) in [7, 11) is 0. The molecule has 11 heteroatoms. The number of aromatic nitrogens is 5. The molecule has 0 radical (unpaired) electrons. The lowest BCUT2D eigenvalue weighted by Crippen LogP contribution is -2.04. The Bertz CT molecular complexity index is 1130. The first-order chi connectivity index (χ1) is 13.9. The van der Waals surface area contributed by atoms with Crippen LogP contribution in [0.5, 0.6) is 0 Å². The van der Waals surface area contributed by atoms with Crippen LogP contribution in [0.4, 0.5) is 13.2 Å². The van der Waals surface area contributed by atoms with Gasteiger partial charge in [-0.05, 0) is 30.3 Å². The standard InChI is InChI=1S/C18H11ClF3N5OS/c19-13-2-1-3-14(8-13)27-10-23-25-17(27)29-9-15-24-16(26-28-15)11-4-6-12(7-5-11)18(20,21)22/h1-8,10H,9H2. The zero-order valence-corrected chi connectivity index (χ0v) is 16.0. The molecule has 0 aliphatic rings. The van der Waals surface area contributed by atoms with Crippen molar-refractivity contribution in [1.82, 2.24) is 24.9 Å². The highest BCUT2D eigenvalue weighted by atomic mass is 35.5. The van der Waals surface area contributed by atoms with E-state index < -0.39 is 11.7 Å². The third-order valence-electron chi connectivity index (χ3n) is 3.87. The first kappa shape index (κ1) is 19.5. The largest absolute Gasteiger partial charge is 0.416 e. The fourth-order valence-electron chi connectivity index (χ4n) is 2.49. The van der Waals surface area contributed by atoms with E-state index in [-0.39, 0.29) is 5.82 Å². The number of thioether (sulfide) groups is 1. The summed E-state index contributed by atoms with van der Waals surface area (Å²) in [5, 5.41) is 13.0. The number of alkyl halides is 3. The maximum Gasteiger partial charge on any atom is 0.416 e. The van der Waals surface area contributed by atoms with Crippen molar-refractivity contribution in [3.63, 3.8) is 0 Å². The van der Waals surface area contributed by atoms with E-state index in [4.69, 9.17) is 16.1 Å². The molecule has 6 nitrogen and oxygen atoms in total. The van der Waals surface area contributed by atoms with E-state index in [1.807, 2.05) is 12.1 Å². The minimum atomic E-state index is -4.39. The highest BCUT2D eigenvalue weighted by Gasteiger charge is 2.30. The van der Waals surface area contributed by atoms with Crippen LogP contribution in [0.15, 0.2) is 64.5 Å². The maximum atomic E-state index is 12.7. The second-order valence-electron chi connectivity index (χ2n) is 5.84. The third kappa shape index (κ3) is 4.43. The molecule has 0 N–H and O–H groups in total. The van der Waals surface area contributed by atoms with Crippen LogP contribution in [0.2, 0.25) is 5.02 Å². The first-order valence-corrected chi connectivity index (χ1v) is 9.55. The number of nitrogens with zero attached hydrogens (tertiary/aromatic N) is 5. The number of benzene rings is 2. The number of halogens is 4. The second kappa shape index (κ2) is 7.88. The van der Waals surface area contributed by atoms with Gasteiger partial charge in [-0.25, -0.2) is 0 Å². The van der Waals surface area contributed by atoms with Crippen LogP contribution in [-0.2, 0) is 11.9 Å².